The van der Waals surface area contributed by atoms with Gasteiger partial charge in [0.2, 0.25) is 15.6 Å². The number of piperidine rings is 1. The van der Waals surface area contributed by atoms with Gasteiger partial charge in [-0.15, -0.1) is 0 Å². The zero-order chi connectivity index (χ0) is 32.0. The summed E-state index contributed by atoms with van der Waals surface area (Å²) in [4.78, 5) is 14.8. The van der Waals surface area contributed by atoms with E-state index in [0.29, 0.717) is 74.0 Å². The standard InChI is InChI=1S/C31H39N3O9S2/c1-21-13-29(37)33-28-6-5-26(15-27(21)28)45(40,41)34-11-9-30(10-12-34)16-22(18-43-30)32-17-23(36)19-42-24-3-2-4-25(14-24)44(38,39)31(20-35)7-8-31/h2-6,13-15,22-23,32,35-36H,7-12,16-20H2,1H3,(H,33,37)/t22-,23+/m1/s1. The van der Waals surface area contributed by atoms with Crippen molar-refractivity contribution < 1.29 is 36.5 Å². The van der Waals surface area contributed by atoms with Gasteiger partial charge in [-0.2, -0.15) is 4.31 Å². The smallest absolute Gasteiger partial charge is 0.248 e. The van der Waals surface area contributed by atoms with Crippen LogP contribution in [0.2, 0.25) is 0 Å². The number of aromatic amines is 1. The fourth-order valence-electron chi connectivity index (χ4n) is 6.36. The second-order valence-corrected chi connectivity index (χ2v) is 16.8. The van der Waals surface area contributed by atoms with E-state index in [0.717, 1.165) is 0 Å². The summed E-state index contributed by atoms with van der Waals surface area (Å²) in [6.07, 6.45) is 1.79. The first kappa shape index (κ1) is 32.1. The molecule has 3 aliphatic rings. The maximum atomic E-state index is 13.5. The zero-order valence-corrected chi connectivity index (χ0v) is 26.7. The molecule has 2 aromatic carbocycles. The SMILES string of the molecule is Cc1cc(=O)[nH]c2ccc(S(=O)(=O)N3CCC4(CC3)C[C@@H](NC[C@H](O)COc3cccc(S(=O)(=O)C5(CO)CC5)c3)CO4)cc12. The van der Waals surface area contributed by atoms with Gasteiger partial charge in [-0.1, -0.05) is 6.07 Å². The molecule has 1 aromatic heterocycles. The van der Waals surface area contributed by atoms with Gasteiger partial charge in [0.25, 0.3) is 0 Å². The molecule has 45 heavy (non-hydrogen) atoms. The molecule has 4 N–H and O–H groups in total. The average molecular weight is 662 g/mol. The van der Waals surface area contributed by atoms with E-state index in [1.807, 2.05) is 0 Å². The second kappa shape index (κ2) is 12.1. The van der Waals surface area contributed by atoms with Crippen molar-refractivity contribution in [2.24, 2.45) is 0 Å². The van der Waals surface area contributed by atoms with E-state index in [1.54, 1.807) is 31.2 Å². The molecule has 14 heteroatoms. The highest BCUT2D eigenvalue weighted by molar-refractivity contribution is 7.93. The van der Waals surface area contributed by atoms with Gasteiger partial charge in [-0.25, -0.2) is 16.8 Å². The van der Waals surface area contributed by atoms with Crippen molar-refractivity contribution in [1.29, 1.82) is 0 Å². The minimum atomic E-state index is -3.73. The Morgan fingerprint density at radius 3 is 2.53 bits per heavy atom. The van der Waals surface area contributed by atoms with Crippen molar-refractivity contribution in [3.63, 3.8) is 0 Å². The molecule has 0 unspecified atom stereocenters. The number of pyridine rings is 1. The summed E-state index contributed by atoms with van der Waals surface area (Å²) in [5.74, 6) is 0.322. The molecule has 2 atom stereocenters. The fraction of sp³-hybridized carbons (Fsp3) is 0.516. The van der Waals surface area contributed by atoms with Crippen LogP contribution in [0.15, 0.2) is 63.1 Å². The molecule has 2 aliphatic heterocycles. The fourth-order valence-corrected chi connectivity index (χ4v) is 9.66. The highest BCUT2D eigenvalue weighted by Crippen LogP contribution is 2.46. The zero-order valence-electron chi connectivity index (χ0n) is 25.1. The van der Waals surface area contributed by atoms with E-state index < -0.39 is 42.9 Å². The molecule has 244 valence electrons. The van der Waals surface area contributed by atoms with Crippen molar-refractivity contribution in [1.82, 2.24) is 14.6 Å². The molecule has 0 amide bonds. The Labute approximate surface area is 262 Å². The number of H-pyrrole nitrogens is 1. The summed E-state index contributed by atoms with van der Waals surface area (Å²) < 4.78 is 65.0. The number of hydrogen-bond acceptors (Lipinski definition) is 10. The number of aryl methyl sites for hydroxylation is 1. The van der Waals surface area contributed by atoms with E-state index in [2.05, 4.69) is 10.3 Å². The van der Waals surface area contributed by atoms with Crippen LogP contribution >= 0.6 is 0 Å². The van der Waals surface area contributed by atoms with Crippen LogP contribution in [0.1, 0.15) is 37.7 Å². The molecule has 0 bridgehead atoms. The Balaban J connectivity index is 0.984. The van der Waals surface area contributed by atoms with E-state index in [4.69, 9.17) is 9.47 Å². The lowest BCUT2D eigenvalue weighted by Crippen LogP contribution is -2.47. The van der Waals surface area contributed by atoms with Crippen LogP contribution in [-0.2, 0) is 24.6 Å². The predicted octanol–water partition coefficient (Wildman–Crippen LogP) is 1.48. The summed E-state index contributed by atoms with van der Waals surface area (Å²) in [7, 11) is -7.41. The molecule has 1 aliphatic carbocycles. The highest BCUT2D eigenvalue weighted by Gasteiger charge is 2.54. The summed E-state index contributed by atoms with van der Waals surface area (Å²) in [6.45, 7) is 2.65. The lowest BCUT2D eigenvalue weighted by Gasteiger charge is -2.38. The minimum absolute atomic E-state index is 0.0184. The number of nitrogens with one attached hydrogen (secondary N) is 2. The Hall–Kier alpha value is -2.85. The Morgan fingerprint density at radius 1 is 1.07 bits per heavy atom. The predicted molar refractivity (Wildman–Crippen MR) is 167 cm³/mol. The molecular formula is C31H39N3O9S2. The number of nitrogens with zero attached hydrogens (tertiary/aromatic N) is 1. The summed E-state index contributed by atoms with van der Waals surface area (Å²) in [5.41, 5.74) is 0.634. The van der Waals surface area contributed by atoms with Crippen LogP contribution in [0.25, 0.3) is 10.9 Å². The van der Waals surface area contributed by atoms with Crippen LogP contribution < -0.4 is 15.6 Å². The van der Waals surface area contributed by atoms with Gasteiger partial charge in [0, 0.05) is 42.6 Å². The molecule has 1 spiro atoms. The van der Waals surface area contributed by atoms with Crippen LogP contribution in [-0.4, -0.2) is 98.3 Å². The first-order chi connectivity index (χ1) is 21.4. The largest absolute Gasteiger partial charge is 0.491 e. The monoisotopic (exact) mass is 661 g/mol. The van der Waals surface area contributed by atoms with Crippen LogP contribution in [0.3, 0.4) is 0 Å². The number of hydrogen-bond donors (Lipinski definition) is 4. The molecule has 6 rings (SSSR count). The number of sulfone groups is 1. The van der Waals surface area contributed by atoms with E-state index >= 15 is 0 Å². The Kier molecular flexibility index (Phi) is 8.61. The summed E-state index contributed by atoms with van der Waals surface area (Å²) >= 11 is 0. The Morgan fingerprint density at radius 2 is 1.82 bits per heavy atom. The number of fused-ring (bicyclic) bond motifs is 1. The van der Waals surface area contributed by atoms with E-state index in [-0.39, 0.29) is 34.5 Å². The second-order valence-electron chi connectivity index (χ2n) is 12.5. The number of ether oxygens (including phenoxy) is 2. The van der Waals surface area contributed by atoms with Crippen LogP contribution in [0, 0.1) is 6.92 Å². The number of aliphatic hydroxyl groups excluding tert-OH is 2. The molecule has 12 nitrogen and oxygen atoms in total. The lowest BCUT2D eigenvalue weighted by molar-refractivity contribution is -0.0312. The van der Waals surface area contributed by atoms with Gasteiger partial charge < -0.3 is 30.0 Å². The number of aliphatic hydroxyl groups is 2. The quantitative estimate of drug-likeness (QED) is 0.236. The highest BCUT2D eigenvalue weighted by atomic mass is 32.2. The van der Waals surface area contributed by atoms with Crippen molar-refractivity contribution in [3.05, 3.63) is 64.4 Å². The molecule has 3 aromatic rings. The summed E-state index contributed by atoms with van der Waals surface area (Å²) in [5, 5.41) is 24.1. The van der Waals surface area contributed by atoms with E-state index in [9.17, 15) is 31.8 Å². The molecule has 3 heterocycles. The topological polar surface area (TPSA) is 175 Å². The van der Waals surface area contributed by atoms with Gasteiger partial charge >= 0.3 is 0 Å². The summed E-state index contributed by atoms with van der Waals surface area (Å²) in [6, 6.07) is 12.3. The minimum Gasteiger partial charge on any atom is -0.491 e. The molecule has 2 saturated heterocycles. The van der Waals surface area contributed by atoms with Crippen LogP contribution in [0.5, 0.6) is 5.75 Å². The van der Waals surface area contributed by atoms with Gasteiger partial charge in [0.05, 0.1) is 33.4 Å². The third-order valence-corrected chi connectivity index (χ3v) is 13.8. The molecule has 1 saturated carbocycles. The number of sulfonamides is 1. The Bertz CT molecular complexity index is 1850. The first-order valence-corrected chi connectivity index (χ1v) is 18.1. The normalized spacial score (nSPS) is 22.1. The number of benzene rings is 2. The van der Waals surface area contributed by atoms with Gasteiger partial charge in [-0.3, -0.25) is 4.79 Å². The third-order valence-electron chi connectivity index (χ3n) is 9.37. The van der Waals surface area contributed by atoms with E-state index in [1.165, 1.54) is 28.6 Å². The number of aromatic nitrogens is 1. The van der Waals surface area contributed by atoms with Crippen molar-refractivity contribution in [3.8, 4) is 5.75 Å². The van der Waals surface area contributed by atoms with Crippen molar-refractivity contribution in [2.75, 3.05) is 39.5 Å². The molecular weight excluding hydrogens is 622 g/mol. The van der Waals surface area contributed by atoms with Crippen LogP contribution in [0.4, 0.5) is 0 Å². The molecule has 3 fully saturated rings. The van der Waals surface area contributed by atoms with Crippen molar-refractivity contribution in [2.45, 2.75) is 71.3 Å². The first-order valence-electron chi connectivity index (χ1n) is 15.1. The average Bonchev–Trinajstić information content (AvgIpc) is 3.75. The lowest BCUT2D eigenvalue weighted by atomic mass is 9.88. The van der Waals surface area contributed by atoms with Gasteiger partial charge in [0.1, 0.15) is 18.5 Å². The van der Waals surface area contributed by atoms with Crippen molar-refractivity contribution >= 4 is 30.8 Å². The maximum Gasteiger partial charge on any atom is 0.248 e. The van der Waals surface area contributed by atoms with Gasteiger partial charge in [0.15, 0.2) is 9.84 Å². The van der Waals surface area contributed by atoms with Gasteiger partial charge in [-0.05, 0) is 81.0 Å². The molecule has 0 radical (unpaired) electrons. The maximum absolute atomic E-state index is 13.5. The number of rotatable bonds is 11. The third kappa shape index (κ3) is 6.29.